The predicted molar refractivity (Wildman–Crippen MR) is 78.9 cm³/mol. The lowest BCUT2D eigenvalue weighted by molar-refractivity contribution is -0.137. The molecule has 116 valence electrons. The van der Waals surface area contributed by atoms with Crippen molar-refractivity contribution in [2.75, 3.05) is 20.3 Å². The third-order valence-corrected chi connectivity index (χ3v) is 3.98. The Labute approximate surface area is 124 Å². The molecule has 1 N–H and O–H groups in total. The topological polar surface area (TPSA) is 81.7 Å². The second-order valence-corrected chi connectivity index (χ2v) is 5.81. The summed E-state index contributed by atoms with van der Waals surface area (Å²) in [4.78, 5) is 11.6. The van der Waals surface area contributed by atoms with Crippen LogP contribution in [0.25, 0.3) is 5.76 Å². The van der Waals surface area contributed by atoms with Crippen molar-refractivity contribution >= 4 is 21.8 Å². The minimum atomic E-state index is -3.49. The van der Waals surface area contributed by atoms with E-state index in [0.717, 1.165) is 0 Å². The molecule has 0 heterocycles. The fraction of sp³-hybridized carbons (Fsp3) is 0.357. The Bertz CT molecular complexity index is 605. The van der Waals surface area contributed by atoms with Gasteiger partial charge in [0.25, 0.3) is 0 Å². The Hall–Kier alpha value is -1.86. The average molecular weight is 313 g/mol. The fourth-order valence-electron chi connectivity index (χ4n) is 1.57. The average Bonchev–Trinajstić information content (AvgIpc) is 2.47. The SMILES string of the molecule is CCOC(=O)C=C(OCC)c1ccc(S(=O)(=O)NC)cc1. The summed E-state index contributed by atoms with van der Waals surface area (Å²) in [7, 11) is -2.14. The largest absolute Gasteiger partial charge is 0.493 e. The van der Waals surface area contributed by atoms with Gasteiger partial charge < -0.3 is 9.47 Å². The van der Waals surface area contributed by atoms with Crippen LogP contribution in [0.4, 0.5) is 0 Å². The number of hydrogen-bond acceptors (Lipinski definition) is 5. The molecule has 0 radical (unpaired) electrons. The first-order valence-electron chi connectivity index (χ1n) is 6.49. The van der Waals surface area contributed by atoms with Crippen LogP contribution in [-0.4, -0.2) is 34.6 Å². The van der Waals surface area contributed by atoms with E-state index in [0.29, 0.717) is 17.9 Å². The van der Waals surface area contributed by atoms with E-state index >= 15 is 0 Å². The second-order valence-electron chi connectivity index (χ2n) is 3.93. The summed E-state index contributed by atoms with van der Waals surface area (Å²) in [5.74, 6) is -0.169. The number of benzene rings is 1. The number of hydrogen-bond donors (Lipinski definition) is 1. The van der Waals surface area contributed by atoms with Crippen LogP contribution in [0.1, 0.15) is 19.4 Å². The molecule has 0 aromatic heterocycles. The molecule has 0 bridgehead atoms. The zero-order chi connectivity index (χ0) is 15.9. The van der Waals surface area contributed by atoms with E-state index in [9.17, 15) is 13.2 Å². The molecule has 0 amide bonds. The highest BCUT2D eigenvalue weighted by molar-refractivity contribution is 7.89. The minimum absolute atomic E-state index is 0.140. The van der Waals surface area contributed by atoms with Gasteiger partial charge >= 0.3 is 5.97 Å². The molecule has 0 fully saturated rings. The highest BCUT2D eigenvalue weighted by Crippen LogP contribution is 2.19. The van der Waals surface area contributed by atoms with Crippen molar-refractivity contribution in [1.29, 1.82) is 0 Å². The van der Waals surface area contributed by atoms with E-state index in [1.807, 2.05) is 0 Å². The van der Waals surface area contributed by atoms with E-state index in [1.165, 1.54) is 25.3 Å². The maximum absolute atomic E-state index is 11.6. The van der Waals surface area contributed by atoms with E-state index in [-0.39, 0.29) is 11.5 Å². The van der Waals surface area contributed by atoms with Crippen molar-refractivity contribution < 1.29 is 22.7 Å². The molecule has 21 heavy (non-hydrogen) atoms. The molecule has 0 saturated carbocycles. The maximum Gasteiger partial charge on any atom is 0.334 e. The Morgan fingerprint density at radius 2 is 1.71 bits per heavy atom. The number of carbonyl (C=O) groups is 1. The molecule has 0 aliphatic rings. The highest BCUT2D eigenvalue weighted by atomic mass is 32.2. The molecule has 0 saturated heterocycles. The molecule has 7 heteroatoms. The lowest BCUT2D eigenvalue weighted by atomic mass is 10.2. The molecule has 0 spiro atoms. The van der Waals surface area contributed by atoms with Crippen LogP contribution in [0.5, 0.6) is 0 Å². The summed E-state index contributed by atoms with van der Waals surface area (Å²) < 4.78 is 35.7. The van der Waals surface area contributed by atoms with Gasteiger partial charge in [0, 0.05) is 5.56 Å². The Balaban J connectivity index is 3.08. The molecule has 1 aromatic rings. The number of esters is 1. The molecule has 1 rings (SSSR count). The molecule has 0 aliphatic carbocycles. The standard InChI is InChI=1S/C14H19NO5S/c1-4-19-13(10-14(16)20-5-2)11-6-8-12(9-7-11)21(17,18)15-3/h6-10,15H,4-5H2,1-3H3. The highest BCUT2D eigenvalue weighted by Gasteiger charge is 2.12. The number of nitrogens with one attached hydrogen (secondary N) is 1. The Kier molecular flexibility index (Phi) is 6.39. The van der Waals surface area contributed by atoms with Crippen molar-refractivity contribution in [3.05, 3.63) is 35.9 Å². The van der Waals surface area contributed by atoms with Gasteiger partial charge in [0.1, 0.15) is 5.76 Å². The van der Waals surface area contributed by atoms with Crippen LogP contribution in [0.2, 0.25) is 0 Å². The summed E-state index contributed by atoms with van der Waals surface area (Å²) >= 11 is 0. The van der Waals surface area contributed by atoms with Crippen molar-refractivity contribution in [1.82, 2.24) is 4.72 Å². The van der Waals surface area contributed by atoms with Gasteiger partial charge in [0.2, 0.25) is 10.0 Å². The van der Waals surface area contributed by atoms with Crippen LogP contribution >= 0.6 is 0 Å². The zero-order valence-corrected chi connectivity index (χ0v) is 13.1. The van der Waals surface area contributed by atoms with Gasteiger partial charge in [-0.15, -0.1) is 0 Å². The fourth-order valence-corrected chi connectivity index (χ4v) is 2.30. The van der Waals surface area contributed by atoms with Crippen LogP contribution in [0.15, 0.2) is 35.2 Å². The van der Waals surface area contributed by atoms with Gasteiger partial charge in [-0.05, 0) is 45.2 Å². The lowest BCUT2D eigenvalue weighted by Gasteiger charge is -2.10. The molecule has 0 unspecified atom stereocenters. The summed E-state index contributed by atoms with van der Waals surface area (Å²) in [6.45, 7) is 4.15. The van der Waals surface area contributed by atoms with E-state index in [2.05, 4.69) is 4.72 Å². The number of carbonyl (C=O) groups excluding carboxylic acids is 1. The first kappa shape index (κ1) is 17.2. The van der Waals surface area contributed by atoms with E-state index in [1.54, 1.807) is 26.0 Å². The quantitative estimate of drug-likeness (QED) is 0.469. The van der Waals surface area contributed by atoms with Crippen LogP contribution < -0.4 is 4.72 Å². The van der Waals surface area contributed by atoms with E-state index in [4.69, 9.17) is 9.47 Å². The van der Waals surface area contributed by atoms with Crippen LogP contribution in [-0.2, 0) is 24.3 Å². The van der Waals surface area contributed by atoms with Crippen molar-refractivity contribution in [3.63, 3.8) is 0 Å². The summed E-state index contributed by atoms with van der Waals surface area (Å²) in [5.41, 5.74) is 0.597. The summed E-state index contributed by atoms with van der Waals surface area (Å²) in [6, 6.07) is 6.04. The number of ether oxygens (including phenoxy) is 2. The third-order valence-electron chi connectivity index (χ3n) is 2.55. The Morgan fingerprint density at radius 3 is 2.19 bits per heavy atom. The summed E-state index contributed by atoms with van der Waals surface area (Å²) in [6.07, 6.45) is 1.24. The van der Waals surface area contributed by atoms with Gasteiger partial charge in [-0.1, -0.05) is 0 Å². The molecule has 0 aliphatic heterocycles. The van der Waals surface area contributed by atoms with Crippen molar-refractivity contribution in [2.45, 2.75) is 18.7 Å². The zero-order valence-electron chi connectivity index (χ0n) is 12.3. The number of rotatable bonds is 7. The molecule has 1 aromatic carbocycles. The lowest BCUT2D eigenvalue weighted by Crippen LogP contribution is -2.18. The monoisotopic (exact) mass is 313 g/mol. The molecule has 0 atom stereocenters. The van der Waals surface area contributed by atoms with Gasteiger partial charge in [-0.3, -0.25) is 0 Å². The van der Waals surface area contributed by atoms with Gasteiger partial charge in [-0.25, -0.2) is 17.9 Å². The smallest absolute Gasteiger partial charge is 0.334 e. The maximum atomic E-state index is 11.6. The first-order valence-corrected chi connectivity index (χ1v) is 7.98. The number of sulfonamides is 1. The predicted octanol–water partition coefficient (Wildman–Crippen LogP) is 1.54. The van der Waals surface area contributed by atoms with Gasteiger partial charge in [0.05, 0.1) is 24.2 Å². The Morgan fingerprint density at radius 1 is 1.14 bits per heavy atom. The van der Waals surface area contributed by atoms with Crippen molar-refractivity contribution in [2.24, 2.45) is 0 Å². The first-order chi connectivity index (χ1) is 9.94. The van der Waals surface area contributed by atoms with Gasteiger partial charge in [-0.2, -0.15) is 0 Å². The van der Waals surface area contributed by atoms with Gasteiger partial charge in [0.15, 0.2) is 0 Å². The normalized spacial score (nSPS) is 12.0. The van der Waals surface area contributed by atoms with Crippen LogP contribution in [0, 0.1) is 0 Å². The molecular weight excluding hydrogens is 294 g/mol. The van der Waals surface area contributed by atoms with Crippen LogP contribution in [0.3, 0.4) is 0 Å². The second kappa shape index (κ2) is 7.80. The minimum Gasteiger partial charge on any atom is -0.493 e. The van der Waals surface area contributed by atoms with Crippen molar-refractivity contribution in [3.8, 4) is 0 Å². The van der Waals surface area contributed by atoms with E-state index < -0.39 is 16.0 Å². The summed E-state index contributed by atoms with van der Waals surface area (Å²) in [5, 5.41) is 0. The third kappa shape index (κ3) is 4.87. The molecule has 6 nitrogen and oxygen atoms in total. The molecular formula is C14H19NO5S.